The highest BCUT2D eigenvalue weighted by molar-refractivity contribution is 6.54. The summed E-state index contributed by atoms with van der Waals surface area (Å²) in [4.78, 5) is 3.34. The second-order valence-electron chi connectivity index (χ2n) is 2.33. The SMILES string of the molecule is CCCC[SiH](C)NC. The zero-order chi connectivity index (χ0) is 6.41. The molecular formula is C6H17NSi. The van der Waals surface area contributed by atoms with Crippen molar-refractivity contribution in [1.29, 1.82) is 0 Å². The standard InChI is InChI=1S/C6H17NSi/c1-4-5-6-8(3)7-2/h7-8H,4-6H2,1-3H3. The molecule has 1 N–H and O–H groups in total. The lowest BCUT2D eigenvalue weighted by molar-refractivity contribution is 0.865. The van der Waals surface area contributed by atoms with Crippen LogP contribution in [0.25, 0.3) is 0 Å². The van der Waals surface area contributed by atoms with E-state index in [1.54, 1.807) is 0 Å². The highest BCUT2D eigenvalue weighted by Gasteiger charge is 1.96. The van der Waals surface area contributed by atoms with Gasteiger partial charge < -0.3 is 4.98 Å². The normalized spacial score (nSPS) is 13.9. The van der Waals surface area contributed by atoms with E-state index in [1.807, 2.05) is 0 Å². The lowest BCUT2D eigenvalue weighted by Crippen LogP contribution is -2.25. The molecule has 1 atom stereocenters. The van der Waals surface area contributed by atoms with Crippen LogP contribution in [0.15, 0.2) is 0 Å². The van der Waals surface area contributed by atoms with Crippen LogP contribution in [0, 0.1) is 0 Å². The van der Waals surface area contributed by atoms with E-state index in [1.165, 1.54) is 18.9 Å². The lowest BCUT2D eigenvalue weighted by Gasteiger charge is -2.04. The topological polar surface area (TPSA) is 12.0 Å². The maximum atomic E-state index is 3.34. The lowest BCUT2D eigenvalue weighted by atomic mass is 10.4. The van der Waals surface area contributed by atoms with Crippen LogP contribution in [0.2, 0.25) is 12.6 Å². The molecule has 0 radical (unpaired) electrons. The highest BCUT2D eigenvalue weighted by atomic mass is 28.3. The van der Waals surface area contributed by atoms with Crippen LogP contribution in [-0.4, -0.2) is 16.0 Å². The summed E-state index contributed by atoms with van der Waals surface area (Å²) in [5, 5.41) is 0. The predicted octanol–water partition coefficient (Wildman–Crippen LogP) is 1.36. The third-order valence-corrected chi connectivity index (χ3v) is 3.74. The van der Waals surface area contributed by atoms with E-state index in [0.717, 1.165) is 0 Å². The average Bonchev–Trinajstić information content (AvgIpc) is 1.83. The molecule has 0 amide bonds. The first kappa shape index (κ1) is 8.18. The molecule has 0 aliphatic heterocycles. The number of hydrogen-bond donors (Lipinski definition) is 1. The average molecular weight is 131 g/mol. The van der Waals surface area contributed by atoms with Crippen molar-refractivity contribution in [2.24, 2.45) is 0 Å². The fourth-order valence-corrected chi connectivity index (χ4v) is 1.96. The van der Waals surface area contributed by atoms with Gasteiger partial charge in [-0.3, -0.25) is 0 Å². The van der Waals surface area contributed by atoms with Gasteiger partial charge in [0, 0.05) is 0 Å². The molecule has 0 spiro atoms. The maximum Gasteiger partial charge on any atom is 0.105 e. The third-order valence-electron chi connectivity index (χ3n) is 1.48. The summed E-state index contributed by atoms with van der Waals surface area (Å²) in [6, 6.07) is 1.45. The summed E-state index contributed by atoms with van der Waals surface area (Å²) < 4.78 is 0. The van der Waals surface area contributed by atoms with Crippen LogP contribution in [0.3, 0.4) is 0 Å². The molecule has 0 aliphatic carbocycles. The molecule has 1 unspecified atom stereocenters. The monoisotopic (exact) mass is 131 g/mol. The van der Waals surface area contributed by atoms with Crippen molar-refractivity contribution in [2.45, 2.75) is 32.4 Å². The van der Waals surface area contributed by atoms with Gasteiger partial charge in [0.25, 0.3) is 0 Å². The summed E-state index contributed by atoms with van der Waals surface area (Å²) in [5.41, 5.74) is 0. The van der Waals surface area contributed by atoms with Gasteiger partial charge in [0.2, 0.25) is 0 Å². The Morgan fingerprint density at radius 1 is 1.50 bits per heavy atom. The van der Waals surface area contributed by atoms with Gasteiger partial charge in [-0.25, -0.2) is 0 Å². The van der Waals surface area contributed by atoms with E-state index in [-0.39, 0.29) is 0 Å². The molecule has 1 nitrogen and oxygen atoms in total. The van der Waals surface area contributed by atoms with E-state index in [2.05, 4.69) is 25.5 Å². The Morgan fingerprint density at radius 3 is 2.50 bits per heavy atom. The smallest absolute Gasteiger partial charge is 0.105 e. The van der Waals surface area contributed by atoms with Crippen molar-refractivity contribution in [3.05, 3.63) is 0 Å². The Morgan fingerprint density at radius 2 is 2.12 bits per heavy atom. The zero-order valence-corrected chi connectivity index (χ0v) is 7.35. The first-order valence-electron chi connectivity index (χ1n) is 3.48. The number of nitrogens with one attached hydrogen (secondary N) is 1. The summed E-state index contributed by atoms with van der Waals surface area (Å²) in [6.45, 7) is 4.60. The van der Waals surface area contributed by atoms with Crippen molar-refractivity contribution in [2.75, 3.05) is 7.05 Å². The molecule has 0 rings (SSSR count). The van der Waals surface area contributed by atoms with Gasteiger partial charge >= 0.3 is 0 Å². The molecule has 8 heavy (non-hydrogen) atoms. The van der Waals surface area contributed by atoms with E-state index < -0.39 is 8.96 Å². The van der Waals surface area contributed by atoms with Gasteiger partial charge in [-0.05, 0) is 13.1 Å². The molecule has 0 bridgehead atoms. The van der Waals surface area contributed by atoms with Crippen LogP contribution in [0.1, 0.15) is 19.8 Å². The van der Waals surface area contributed by atoms with Crippen molar-refractivity contribution < 1.29 is 0 Å². The van der Waals surface area contributed by atoms with Gasteiger partial charge in [0.1, 0.15) is 8.96 Å². The quantitative estimate of drug-likeness (QED) is 0.568. The summed E-state index contributed by atoms with van der Waals surface area (Å²) in [5.74, 6) is 0. The van der Waals surface area contributed by atoms with Crippen LogP contribution >= 0.6 is 0 Å². The maximum absolute atomic E-state index is 3.34. The van der Waals surface area contributed by atoms with Crippen molar-refractivity contribution in [3.8, 4) is 0 Å². The minimum Gasteiger partial charge on any atom is -0.342 e. The molecule has 0 saturated heterocycles. The van der Waals surface area contributed by atoms with Gasteiger partial charge in [0.05, 0.1) is 0 Å². The zero-order valence-electron chi connectivity index (χ0n) is 6.20. The van der Waals surface area contributed by atoms with Gasteiger partial charge in [-0.2, -0.15) is 0 Å². The van der Waals surface area contributed by atoms with Crippen molar-refractivity contribution in [3.63, 3.8) is 0 Å². The summed E-state index contributed by atoms with van der Waals surface area (Å²) in [7, 11) is 1.63. The first-order valence-corrected chi connectivity index (χ1v) is 6.03. The van der Waals surface area contributed by atoms with Gasteiger partial charge in [-0.1, -0.05) is 26.3 Å². The largest absolute Gasteiger partial charge is 0.342 e. The van der Waals surface area contributed by atoms with Crippen LogP contribution in [0.4, 0.5) is 0 Å². The fourth-order valence-electron chi connectivity index (χ4n) is 0.655. The van der Waals surface area contributed by atoms with E-state index in [4.69, 9.17) is 0 Å². The second-order valence-corrected chi connectivity index (χ2v) is 5.29. The molecule has 0 fully saturated rings. The Hall–Kier alpha value is 0.177. The molecular weight excluding hydrogens is 114 g/mol. The second kappa shape index (κ2) is 5.32. The third kappa shape index (κ3) is 4.34. The Kier molecular flexibility index (Phi) is 5.43. The fraction of sp³-hybridized carbons (Fsp3) is 1.00. The van der Waals surface area contributed by atoms with Crippen LogP contribution < -0.4 is 4.98 Å². The number of hydrogen-bond acceptors (Lipinski definition) is 1. The van der Waals surface area contributed by atoms with Gasteiger partial charge in [-0.15, -0.1) is 0 Å². The molecule has 50 valence electrons. The Bertz CT molecular complexity index is 47.8. The molecule has 0 saturated carbocycles. The van der Waals surface area contributed by atoms with Crippen LogP contribution in [-0.2, 0) is 0 Å². The molecule has 0 aromatic carbocycles. The molecule has 0 aromatic rings. The number of unbranched alkanes of at least 4 members (excludes halogenated alkanes) is 1. The summed E-state index contributed by atoms with van der Waals surface area (Å²) in [6.07, 6.45) is 2.76. The minimum absolute atomic E-state index is 0.449. The Labute approximate surface area is 54.2 Å². The first-order chi connectivity index (χ1) is 3.81. The predicted molar refractivity (Wildman–Crippen MR) is 41.8 cm³/mol. The van der Waals surface area contributed by atoms with E-state index >= 15 is 0 Å². The molecule has 0 heterocycles. The van der Waals surface area contributed by atoms with E-state index in [0.29, 0.717) is 0 Å². The minimum atomic E-state index is -0.449. The highest BCUT2D eigenvalue weighted by Crippen LogP contribution is 1.96. The molecule has 0 aromatic heterocycles. The van der Waals surface area contributed by atoms with Crippen molar-refractivity contribution in [1.82, 2.24) is 4.98 Å². The Balaban J connectivity index is 2.86. The number of rotatable bonds is 4. The van der Waals surface area contributed by atoms with Crippen molar-refractivity contribution >= 4 is 8.96 Å². The van der Waals surface area contributed by atoms with Crippen LogP contribution in [0.5, 0.6) is 0 Å². The van der Waals surface area contributed by atoms with Gasteiger partial charge in [0.15, 0.2) is 0 Å². The molecule has 0 aliphatic rings. The summed E-state index contributed by atoms with van der Waals surface area (Å²) >= 11 is 0. The van der Waals surface area contributed by atoms with E-state index in [9.17, 15) is 0 Å². The molecule has 2 heteroatoms.